The van der Waals surface area contributed by atoms with Crippen LogP contribution in [0.15, 0.2) is 67.0 Å². The third-order valence-corrected chi connectivity index (χ3v) is 4.22. The maximum atomic E-state index is 12.4. The van der Waals surface area contributed by atoms with Gasteiger partial charge >= 0.3 is 0 Å². The molecule has 0 aliphatic heterocycles. The number of carbonyl (C=O) groups is 1. The number of anilines is 1. The number of pyridine rings is 1. The molecule has 2 heterocycles. The van der Waals surface area contributed by atoms with E-state index in [-0.39, 0.29) is 5.91 Å². The van der Waals surface area contributed by atoms with Crippen LogP contribution in [0.1, 0.15) is 27.3 Å². The predicted molar refractivity (Wildman–Crippen MR) is 102 cm³/mol. The summed E-state index contributed by atoms with van der Waals surface area (Å²) in [6.07, 6.45) is 4.41. The Hall–Kier alpha value is -3.47. The largest absolute Gasteiger partial charge is 0.334 e. The summed E-state index contributed by atoms with van der Waals surface area (Å²) in [5, 5.41) is 2.88. The highest BCUT2D eigenvalue weighted by Crippen LogP contribution is 2.16. The van der Waals surface area contributed by atoms with Crippen LogP contribution in [0.4, 0.5) is 5.69 Å². The molecule has 128 valence electrons. The smallest absolute Gasteiger partial charge is 0.291 e. The number of nitrogens with one attached hydrogen (secondary N) is 2. The van der Waals surface area contributed by atoms with Crippen LogP contribution in [0.25, 0.3) is 11.0 Å². The van der Waals surface area contributed by atoms with Crippen molar-refractivity contribution in [1.82, 2.24) is 15.0 Å². The Morgan fingerprint density at radius 2 is 1.73 bits per heavy atom. The zero-order chi connectivity index (χ0) is 17.9. The fraction of sp³-hybridized carbons (Fsp3) is 0.0952. The number of H-pyrrole nitrogens is 1. The molecule has 0 bridgehead atoms. The summed E-state index contributed by atoms with van der Waals surface area (Å²) in [5.74, 6) is 0.0622. The number of aromatic nitrogens is 3. The first-order valence-electron chi connectivity index (χ1n) is 8.43. The molecule has 0 spiro atoms. The van der Waals surface area contributed by atoms with Gasteiger partial charge in [-0.2, -0.15) is 0 Å². The fourth-order valence-corrected chi connectivity index (χ4v) is 2.86. The highest BCUT2D eigenvalue weighted by Gasteiger charge is 2.11. The van der Waals surface area contributed by atoms with Crippen LogP contribution in [0.3, 0.4) is 0 Å². The van der Waals surface area contributed by atoms with Crippen molar-refractivity contribution >= 4 is 22.6 Å². The van der Waals surface area contributed by atoms with Crippen LogP contribution in [-0.2, 0) is 6.42 Å². The van der Waals surface area contributed by atoms with Gasteiger partial charge < -0.3 is 10.3 Å². The number of nitrogens with zero attached hydrogens (tertiary/aromatic N) is 2. The SMILES string of the molecule is Cc1ccc2nc(C(=O)Nc3ccc(Cc4ccncc4)cc3)[nH]c2c1. The van der Waals surface area contributed by atoms with Gasteiger partial charge in [0.25, 0.3) is 5.91 Å². The van der Waals surface area contributed by atoms with Crippen LogP contribution < -0.4 is 5.32 Å². The van der Waals surface area contributed by atoms with Gasteiger partial charge in [-0.25, -0.2) is 4.98 Å². The molecular formula is C21H18N4O. The Kier molecular flexibility index (Phi) is 4.19. The molecule has 0 fully saturated rings. The number of aromatic amines is 1. The second kappa shape index (κ2) is 6.80. The van der Waals surface area contributed by atoms with E-state index in [1.165, 1.54) is 11.1 Å². The molecule has 5 nitrogen and oxygen atoms in total. The third-order valence-electron chi connectivity index (χ3n) is 4.22. The first-order chi connectivity index (χ1) is 12.7. The van der Waals surface area contributed by atoms with Gasteiger partial charge in [0.15, 0.2) is 5.82 Å². The second-order valence-corrected chi connectivity index (χ2v) is 6.29. The number of amides is 1. The summed E-state index contributed by atoms with van der Waals surface area (Å²) in [6.45, 7) is 2.01. The van der Waals surface area contributed by atoms with Crippen molar-refractivity contribution < 1.29 is 4.79 Å². The van der Waals surface area contributed by atoms with E-state index in [0.29, 0.717) is 5.82 Å². The lowest BCUT2D eigenvalue weighted by atomic mass is 10.1. The summed E-state index contributed by atoms with van der Waals surface area (Å²) < 4.78 is 0. The first kappa shape index (κ1) is 16.0. The molecule has 0 aliphatic carbocycles. The van der Waals surface area contributed by atoms with E-state index in [4.69, 9.17) is 0 Å². The van der Waals surface area contributed by atoms with Gasteiger partial charge in [-0.05, 0) is 66.4 Å². The first-order valence-corrected chi connectivity index (χ1v) is 8.43. The van der Waals surface area contributed by atoms with Crippen LogP contribution in [-0.4, -0.2) is 20.9 Å². The number of benzene rings is 2. The average molecular weight is 342 g/mol. The van der Waals surface area contributed by atoms with Gasteiger partial charge in [-0.3, -0.25) is 9.78 Å². The van der Waals surface area contributed by atoms with E-state index in [0.717, 1.165) is 28.7 Å². The van der Waals surface area contributed by atoms with Crippen LogP contribution in [0.5, 0.6) is 0 Å². The summed E-state index contributed by atoms with van der Waals surface area (Å²) in [6, 6.07) is 17.7. The Bertz CT molecular complexity index is 1050. The van der Waals surface area contributed by atoms with Crippen molar-refractivity contribution in [3.63, 3.8) is 0 Å². The lowest BCUT2D eigenvalue weighted by Crippen LogP contribution is -2.13. The minimum absolute atomic E-state index is 0.249. The van der Waals surface area contributed by atoms with Gasteiger partial charge in [-0.15, -0.1) is 0 Å². The molecule has 26 heavy (non-hydrogen) atoms. The van der Waals surface area contributed by atoms with Gasteiger partial charge in [0.1, 0.15) is 0 Å². The summed E-state index contributed by atoms with van der Waals surface area (Å²) in [4.78, 5) is 23.9. The minimum Gasteiger partial charge on any atom is -0.334 e. The Labute approximate surface area is 151 Å². The standard InChI is InChI=1S/C21H18N4O/c1-14-2-7-18-19(12-14)25-20(24-18)21(26)23-17-5-3-15(4-6-17)13-16-8-10-22-11-9-16/h2-12H,13H2,1H3,(H,23,26)(H,24,25). The van der Waals surface area contributed by atoms with E-state index < -0.39 is 0 Å². The van der Waals surface area contributed by atoms with E-state index in [2.05, 4.69) is 20.3 Å². The van der Waals surface area contributed by atoms with E-state index >= 15 is 0 Å². The fourth-order valence-electron chi connectivity index (χ4n) is 2.86. The Balaban J connectivity index is 1.46. The summed E-state index contributed by atoms with van der Waals surface area (Å²) >= 11 is 0. The molecular weight excluding hydrogens is 324 g/mol. The molecule has 0 saturated carbocycles. The molecule has 2 aromatic carbocycles. The number of imidazole rings is 1. The average Bonchev–Trinajstić information content (AvgIpc) is 3.07. The number of fused-ring (bicyclic) bond motifs is 1. The molecule has 0 unspecified atom stereocenters. The van der Waals surface area contributed by atoms with Crippen LogP contribution in [0.2, 0.25) is 0 Å². The lowest BCUT2D eigenvalue weighted by molar-refractivity contribution is 0.101. The molecule has 1 amide bonds. The zero-order valence-corrected chi connectivity index (χ0v) is 14.4. The maximum absolute atomic E-state index is 12.4. The van der Waals surface area contributed by atoms with E-state index in [1.807, 2.05) is 61.5 Å². The molecule has 0 radical (unpaired) electrons. The molecule has 0 aliphatic rings. The quantitative estimate of drug-likeness (QED) is 0.586. The normalized spacial score (nSPS) is 10.8. The summed E-state index contributed by atoms with van der Waals surface area (Å²) in [7, 11) is 0. The topological polar surface area (TPSA) is 70.7 Å². The van der Waals surface area contributed by atoms with Crippen molar-refractivity contribution in [3.05, 3.63) is 89.5 Å². The zero-order valence-electron chi connectivity index (χ0n) is 14.4. The second-order valence-electron chi connectivity index (χ2n) is 6.29. The number of hydrogen-bond donors (Lipinski definition) is 2. The lowest BCUT2D eigenvalue weighted by Gasteiger charge is -2.05. The van der Waals surface area contributed by atoms with Gasteiger partial charge in [0, 0.05) is 18.1 Å². The highest BCUT2D eigenvalue weighted by molar-refractivity contribution is 6.03. The van der Waals surface area contributed by atoms with Crippen LogP contribution in [0, 0.1) is 6.92 Å². The van der Waals surface area contributed by atoms with Crippen molar-refractivity contribution in [2.75, 3.05) is 5.32 Å². The van der Waals surface area contributed by atoms with Crippen molar-refractivity contribution in [1.29, 1.82) is 0 Å². The molecule has 5 heteroatoms. The van der Waals surface area contributed by atoms with Crippen molar-refractivity contribution in [3.8, 4) is 0 Å². The summed E-state index contributed by atoms with van der Waals surface area (Å²) in [5.41, 5.74) is 5.89. The monoisotopic (exact) mass is 342 g/mol. The number of carbonyl (C=O) groups excluding carboxylic acids is 1. The van der Waals surface area contributed by atoms with Crippen molar-refractivity contribution in [2.45, 2.75) is 13.3 Å². The van der Waals surface area contributed by atoms with Crippen molar-refractivity contribution in [2.24, 2.45) is 0 Å². The maximum Gasteiger partial charge on any atom is 0.291 e. The molecule has 4 rings (SSSR count). The van der Waals surface area contributed by atoms with E-state index in [9.17, 15) is 4.79 Å². The highest BCUT2D eigenvalue weighted by atomic mass is 16.2. The minimum atomic E-state index is -0.249. The Morgan fingerprint density at radius 3 is 2.50 bits per heavy atom. The molecule has 4 aromatic rings. The Morgan fingerprint density at radius 1 is 1.00 bits per heavy atom. The van der Waals surface area contributed by atoms with Gasteiger partial charge in [0.2, 0.25) is 0 Å². The molecule has 2 N–H and O–H groups in total. The number of rotatable bonds is 4. The van der Waals surface area contributed by atoms with Crippen LogP contribution >= 0.6 is 0 Å². The molecule has 2 aromatic heterocycles. The number of hydrogen-bond acceptors (Lipinski definition) is 3. The van der Waals surface area contributed by atoms with Gasteiger partial charge in [-0.1, -0.05) is 18.2 Å². The number of aryl methyl sites for hydroxylation is 1. The molecule has 0 atom stereocenters. The van der Waals surface area contributed by atoms with E-state index in [1.54, 1.807) is 12.4 Å². The van der Waals surface area contributed by atoms with Gasteiger partial charge in [0.05, 0.1) is 11.0 Å². The predicted octanol–water partition coefficient (Wildman–Crippen LogP) is 4.11. The third kappa shape index (κ3) is 3.47. The molecule has 0 saturated heterocycles.